The molecule has 0 fully saturated rings. The quantitative estimate of drug-likeness (QED) is 0.318. The van der Waals surface area contributed by atoms with E-state index >= 15 is 0 Å². The summed E-state index contributed by atoms with van der Waals surface area (Å²) in [6.07, 6.45) is 0.276. The highest BCUT2D eigenvalue weighted by Crippen LogP contribution is 2.29. The van der Waals surface area contributed by atoms with Gasteiger partial charge in [-0.2, -0.15) is 4.98 Å². The maximum atomic E-state index is 13.0. The third-order valence-corrected chi connectivity index (χ3v) is 6.44. The fourth-order valence-corrected chi connectivity index (χ4v) is 4.85. The van der Waals surface area contributed by atoms with Crippen molar-refractivity contribution < 1.29 is 9.59 Å². The summed E-state index contributed by atoms with van der Waals surface area (Å²) in [6, 6.07) is 27.6. The first-order chi connectivity index (χ1) is 17.1. The number of rotatable bonds is 7. The molecule has 0 saturated heterocycles. The predicted octanol–water partition coefficient (Wildman–Crippen LogP) is 5.58. The van der Waals surface area contributed by atoms with Gasteiger partial charge in [0.05, 0.1) is 5.69 Å². The highest BCUT2D eigenvalue weighted by molar-refractivity contribution is 7.15. The van der Waals surface area contributed by atoms with Gasteiger partial charge in [0.15, 0.2) is 0 Å². The van der Waals surface area contributed by atoms with E-state index in [2.05, 4.69) is 20.7 Å². The number of carbonyl (C=O) groups is 2. The number of nitrogens with zero attached hydrogens (tertiary/aromatic N) is 3. The van der Waals surface area contributed by atoms with Crippen LogP contribution in [0.15, 0.2) is 90.3 Å². The Balaban J connectivity index is 1.34. The maximum Gasteiger partial charge on any atom is 0.250 e. The number of thiazole rings is 1. The van der Waals surface area contributed by atoms with Gasteiger partial charge in [0.1, 0.15) is 0 Å². The van der Waals surface area contributed by atoms with E-state index in [9.17, 15) is 9.59 Å². The topological polar surface area (TPSA) is 88.4 Å². The second-order valence-electron chi connectivity index (χ2n) is 8.14. The fourth-order valence-electron chi connectivity index (χ4n) is 4.02. The number of hydrogen-bond acceptors (Lipinski definition) is 5. The van der Waals surface area contributed by atoms with E-state index in [1.54, 1.807) is 4.52 Å². The van der Waals surface area contributed by atoms with Crippen LogP contribution in [0.2, 0.25) is 0 Å². The second-order valence-corrected chi connectivity index (χ2v) is 8.97. The van der Waals surface area contributed by atoms with E-state index in [1.165, 1.54) is 18.3 Å². The van der Waals surface area contributed by atoms with Crippen molar-refractivity contribution in [2.24, 2.45) is 0 Å². The van der Waals surface area contributed by atoms with E-state index in [4.69, 9.17) is 0 Å². The molecule has 0 aliphatic carbocycles. The molecule has 3 aromatic carbocycles. The number of fused-ring (bicyclic) bond motifs is 1. The molecule has 35 heavy (non-hydrogen) atoms. The summed E-state index contributed by atoms with van der Waals surface area (Å²) < 4.78 is 1.72. The smallest absolute Gasteiger partial charge is 0.250 e. The maximum absolute atomic E-state index is 13.0. The average Bonchev–Trinajstić information content (AvgIpc) is 3.44. The molecule has 0 atom stereocenters. The first kappa shape index (κ1) is 22.5. The lowest BCUT2D eigenvalue weighted by Gasteiger charge is -2.17. The Morgan fingerprint density at radius 1 is 0.886 bits per heavy atom. The van der Waals surface area contributed by atoms with Crippen molar-refractivity contribution in [1.29, 1.82) is 0 Å². The Kier molecular flexibility index (Phi) is 6.36. The van der Waals surface area contributed by atoms with Crippen LogP contribution in [0.5, 0.6) is 0 Å². The lowest BCUT2D eigenvalue weighted by atomic mass is 9.88. The molecular formula is C27H23N5O2S. The number of hydrogen-bond donors (Lipinski definition) is 2. The lowest BCUT2D eigenvalue weighted by molar-refractivity contribution is -0.116. The van der Waals surface area contributed by atoms with Crippen LogP contribution in [-0.4, -0.2) is 26.4 Å². The van der Waals surface area contributed by atoms with E-state index < -0.39 is 0 Å². The SMILES string of the molecule is CC(=O)Nc1ccc(-c2csc3nc(NC(=O)CC(c4ccccc4)c4ccccc4)nn23)cc1. The van der Waals surface area contributed by atoms with Crippen LogP contribution in [0.4, 0.5) is 11.6 Å². The second kappa shape index (κ2) is 9.90. The van der Waals surface area contributed by atoms with Gasteiger partial charge < -0.3 is 5.32 Å². The number of anilines is 2. The first-order valence-corrected chi connectivity index (χ1v) is 12.1. The molecule has 2 heterocycles. The van der Waals surface area contributed by atoms with Crippen LogP contribution in [0, 0.1) is 0 Å². The largest absolute Gasteiger partial charge is 0.326 e. The van der Waals surface area contributed by atoms with Gasteiger partial charge in [-0.1, -0.05) is 72.8 Å². The van der Waals surface area contributed by atoms with Crippen molar-refractivity contribution in [3.63, 3.8) is 0 Å². The van der Waals surface area contributed by atoms with Gasteiger partial charge in [0.25, 0.3) is 0 Å². The van der Waals surface area contributed by atoms with Crippen molar-refractivity contribution >= 4 is 39.7 Å². The van der Waals surface area contributed by atoms with E-state index in [1.807, 2.05) is 90.3 Å². The molecule has 0 unspecified atom stereocenters. The van der Waals surface area contributed by atoms with Gasteiger partial charge in [0.2, 0.25) is 22.7 Å². The Labute approximate surface area is 206 Å². The molecule has 0 spiro atoms. The lowest BCUT2D eigenvalue weighted by Crippen LogP contribution is -2.17. The molecule has 5 aromatic rings. The summed E-state index contributed by atoms with van der Waals surface area (Å²) >= 11 is 1.45. The zero-order chi connectivity index (χ0) is 24.2. The Morgan fingerprint density at radius 2 is 1.51 bits per heavy atom. The van der Waals surface area contributed by atoms with Crippen molar-refractivity contribution in [2.45, 2.75) is 19.3 Å². The van der Waals surface area contributed by atoms with Crippen LogP contribution in [0.3, 0.4) is 0 Å². The average molecular weight is 482 g/mol. The third kappa shape index (κ3) is 5.12. The standard InChI is InChI=1S/C27H23N5O2S/c1-18(33)28-22-14-12-21(13-15-22)24-17-35-27-30-26(31-32(24)27)29-25(34)16-23(19-8-4-2-5-9-19)20-10-6-3-7-11-20/h2-15,17,23H,16H2,1H3,(H,28,33)(H,29,31,34). The Hall–Kier alpha value is -4.30. The molecule has 7 nitrogen and oxygen atoms in total. The molecule has 174 valence electrons. The molecule has 0 radical (unpaired) electrons. The highest BCUT2D eigenvalue weighted by Gasteiger charge is 2.20. The summed E-state index contributed by atoms with van der Waals surface area (Å²) in [5.41, 5.74) is 4.68. The number of aromatic nitrogens is 3. The molecule has 0 aliphatic rings. The molecule has 0 aliphatic heterocycles. The van der Waals surface area contributed by atoms with Crippen molar-refractivity contribution in [2.75, 3.05) is 10.6 Å². The minimum absolute atomic E-state index is 0.0705. The highest BCUT2D eigenvalue weighted by atomic mass is 32.1. The fraction of sp³-hybridized carbons (Fsp3) is 0.111. The number of carbonyl (C=O) groups excluding carboxylic acids is 2. The van der Waals surface area contributed by atoms with Gasteiger partial charge in [-0.15, -0.1) is 16.4 Å². The van der Waals surface area contributed by atoms with Crippen LogP contribution in [-0.2, 0) is 9.59 Å². The van der Waals surface area contributed by atoms with Gasteiger partial charge in [-0.05, 0) is 23.3 Å². The first-order valence-electron chi connectivity index (χ1n) is 11.2. The molecule has 0 saturated carbocycles. The molecule has 8 heteroatoms. The zero-order valence-electron chi connectivity index (χ0n) is 19.0. The summed E-state index contributed by atoms with van der Waals surface area (Å²) in [7, 11) is 0. The predicted molar refractivity (Wildman–Crippen MR) is 139 cm³/mol. The minimum Gasteiger partial charge on any atom is -0.326 e. The van der Waals surface area contributed by atoms with E-state index in [-0.39, 0.29) is 30.1 Å². The van der Waals surface area contributed by atoms with Gasteiger partial charge in [-0.3, -0.25) is 14.9 Å². The number of nitrogens with one attached hydrogen (secondary N) is 2. The summed E-state index contributed by atoms with van der Waals surface area (Å²) in [5.74, 6) is -0.0621. The van der Waals surface area contributed by atoms with Gasteiger partial charge in [-0.25, -0.2) is 4.52 Å². The monoisotopic (exact) mass is 481 g/mol. The number of amides is 2. The summed E-state index contributed by atoms with van der Waals surface area (Å²) in [6.45, 7) is 1.48. The molecule has 5 rings (SSSR count). The van der Waals surface area contributed by atoms with Crippen molar-refractivity contribution in [3.05, 3.63) is 101 Å². The third-order valence-electron chi connectivity index (χ3n) is 5.63. The molecule has 0 bridgehead atoms. The number of benzene rings is 3. The van der Waals surface area contributed by atoms with E-state index in [0.717, 1.165) is 28.1 Å². The van der Waals surface area contributed by atoms with Crippen LogP contribution >= 0.6 is 11.3 Å². The summed E-state index contributed by atoms with van der Waals surface area (Å²) in [4.78, 5) is 29.4. The van der Waals surface area contributed by atoms with Crippen LogP contribution < -0.4 is 10.6 Å². The van der Waals surface area contributed by atoms with Gasteiger partial charge >= 0.3 is 0 Å². The summed E-state index contributed by atoms with van der Waals surface area (Å²) in [5, 5.41) is 12.1. The van der Waals surface area contributed by atoms with Crippen molar-refractivity contribution in [3.8, 4) is 11.3 Å². The molecular weight excluding hydrogens is 458 g/mol. The van der Waals surface area contributed by atoms with Crippen molar-refractivity contribution in [1.82, 2.24) is 14.6 Å². The Morgan fingerprint density at radius 3 is 2.11 bits per heavy atom. The van der Waals surface area contributed by atoms with Crippen LogP contribution in [0.25, 0.3) is 16.2 Å². The Bertz CT molecular complexity index is 1420. The molecule has 2 N–H and O–H groups in total. The van der Waals surface area contributed by atoms with Gasteiger partial charge in [0, 0.05) is 35.9 Å². The zero-order valence-corrected chi connectivity index (χ0v) is 19.8. The molecule has 2 amide bonds. The van der Waals surface area contributed by atoms with Crippen LogP contribution in [0.1, 0.15) is 30.4 Å². The normalized spacial score (nSPS) is 11.0. The van der Waals surface area contributed by atoms with E-state index in [0.29, 0.717) is 4.96 Å². The molecule has 2 aromatic heterocycles. The minimum atomic E-state index is -0.151.